The maximum atomic E-state index is 2.81. The molecule has 4 nitrogen and oxygen atoms in total. The normalized spacial score (nSPS) is 29.3. The summed E-state index contributed by atoms with van der Waals surface area (Å²) in [7, 11) is 4.62. The van der Waals surface area contributed by atoms with Crippen LogP contribution in [0.25, 0.3) is 0 Å². The van der Waals surface area contributed by atoms with E-state index in [4.69, 9.17) is 0 Å². The molecule has 2 aliphatic rings. The Morgan fingerprint density at radius 2 is 1.22 bits per heavy atom. The fourth-order valence-electron chi connectivity index (χ4n) is 5.45. The van der Waals surface area contributed by atoms with E-state index in [0.29, 0.717) is 12.1 Å². The summed E-state index contributed by atoms with van der Waals surface area (Å²) in [4.78, 5) is 10.7. The molecule has 2 fully saturated rings. The van der Waals surface area contributed by atoms with Crippen LogP contribution in [0.15, 0.2) is 60.7 Å². The second-order valence-electron chi connectivity index (χ2n) is 9.88. The number of rotatable bonds is 3. The number of nitrogens with zero attached hydrogens (tertiary/aromatic N) is 4. The number of hydrogen-bond acceptors (Lipinski definition) is 4. The zero-order valence-corrected chi connectivity index (χ0v) is 20.2. The Balaban J connectivity index is 1.60. The third-order valence-electron chi connectivity index (χ3n) is 7.53. The van der Waals surface area contributed by atoms with Gasteiger partial charge in [-0.1, -0.05) is 60.7 Å². The Morgan fingerprint density at radius 1 is 0.625 bits per heavy atom. The Hall–Kier alpha value is -1.72. The minimum absolute atomic E-state index is 0.500. The molecule has 2 aromatic rings. The molecule has 4 rings (SSSR count). The van der Waals surface area contributed by atoms with Gasteiger partial charge >= 0.3 is 0 Å². The molecule has 32 heavy (non-hydrogen) atoms. The van der Waals surface area contributed by atoms with Gasteiger partial charge in [0.25, 0.3) is 0 Å². The zero-order valence-electron chi connectivity index (χ0n) is 20.2. The van der Waals surface area contributed by atoms with E-state index in [2.05, 4.69) is 94.4 Å². The Labute approximate surface area is 195 Å². The van der Waals surface area contributed by atoms with Crippen molar-refractivity contribution >= 4 is 0 Å². The highest BCUT2D eigenvalue weighted by Gasteiger charge is 2.27. The lowest BCUT2D eigenvalue weighted by molar-refractivity contribution is 0.0959. The maximum Gasteiger partial charge on any atom is 0.0361 e. The van der Waals surface area contributed by atoms with Crippen molar-refractivity contribution in [1.29, 1.82) is 0 Å². The average Bonchev–Trinajstić information content (AvgIpc) is 2.85. The van der Waals surface area contributed by atoms with Gasteiger partial charge in [0.15, 0.2) is 0 Å². The number of hydrogen-bond donors (Lipinski definition) is 0. The number of likely N-dealkylation sites (N-methyl/N-ethyl adjacent to an activating group) is 2. The molecule has 2 saturated heterocycles. The van der Waals surface area contributed by atoms with Gasteiger partial charge in [0.1, 0.15) is 0 Å². The van der Waals surface area contributed by atoms with Crippen LogP contribution in [0.1, 0.15) is 36.4 Å². The first-order chi connectivity index (χ1) is 15.7. The fraction of sp³-hybridized carbons (Fsp3) is 0.571. The zero-order chi connectivity index (χ0) is 22.2. The molecule has 0 radical (unpaired) electrons. The van der Waals surface area contributed by atoms with Gasteiger partial charge in [0.2, 0.25) is 0 Å². The summed E-state index contributed by atoms with van der Waals surface area (Å²) >= 11 is 0. The third kappa shape index (κ3) is 6.64. The van der Waals surface area contributed by atoms with Crippen LogP contribution >= 0.6 is 0 Å². The van der Waals surface area contributed by atoms with Gasteiger partial charge in [0.05, 0.1) is 0 Å². The van der Waals surface area contributed by atoms with Crippen molar-refractivity contribution in [2.75, 3.05) is 66.5 Å². The number of fused-ring (bicyclic) bond motifs is 3. The molecule has 4 atom stereocenters. The number of benzene rings is 2. The van der Waals surface area contributed by atoms with Gasteiger partial charge in [0, 0.05) is 51.4 Å². The molecule has 174 valence electrons. The van der Waals surface area contributed by atoms with Crippen molar-refractivity contribution in [2.45, 2.75) is 37.8 Å². The Kier molecular flexibility index (Phi) is 8.75. The topological polar surface area (TPSA) is 13.0 Å². The van der Waals surface area contributed by atoms with Crippen molar-refractivity contribution in [2.24, 2.45) is 0 Å². The molecule has 0 N–H and O–H groups in total. The minimum Gasteiger partial charge on any atom is -0.305 e. The van der Waals surface area contributed by atoms with Crippen molar-refractivity contribution < 1.29 is 0 Å². The molecule has 2 aliphatic heterocycles. The van der Waals surface area contributed by atoms with Crippen LogP contribution in [-0.4, -0.2) is 92.1 Å². The summed E-state index contributed by atoms with van der Waals surface area (Å²) in [5, 5.41) is 0. The van der Waals surface area contributed by atoms with Gasteiger partial charge in [-0.25, -0.2) is 0 Å². The lowest BCUT2D eigenvalue weighted by Gasteiger charge is -2.39. The smallest absolute Gasteiger partial charge is 0.0361 e. The van der Waals surface area contributed by atoms with E-state index in [1.807, 2.05) is 0 Å². The van der Waals surface area contributed by atoms with E-state index in [1.165, 1.54) is 50.0 Å². The van der Waals surface area contributed by atoms with Crippen molar-refractivity contribution in [1.82, 2.24) is 19.6 Å². The van der Waals surface area contributed by atoms with Crippen molar-refractivity contribution in [3.05, 3.63) is 71.8 Å². The Morgan fingerprint density at radius 3 is 1.97 bits per heavy atom. The average molecular weight is 435 g/mol. The lowest BCUT2D eigenvalue weighted by atomic mass is 9.99. The summed E-state index contributed by atoms with van der Waals surface area (Å²) in [5.74, 6) is 0. The second-order valence-corrected chi connectivity index (χ2v) is 9.88. The molecular weight excluding hydrogens is 392 g/mol. The van der Waals surface area contributed by atoms with Crippen LogP contribution in [0.4, 0.5) is 0 Å². The predicted octanol–water partition coefficient (Wildman–Crippen LogP) is 4.00. The summed E-state index contributed by atoms with van der Waals surface area (Å²) in [5.41, 5.74) is 2.96. The molecule has 0 aliphatic carbocycles. The molecule has 0 saturated carbocycles. The van der Waals surface area contributed by atoms with Crippen LogP contribution in [0.2, 0.25) is 0 Å². The molecule has 4 unspecified atom stereocenters. The maximum absolute atomic E-state index is 2.81. The highest BCUT2D eigenvalue weighted by molar-refractivity contribution is 5.19. The first kappa shape index (κ1) is 23.4. The quantitative estimate of drug-likeness (QED) is 0.724. The largest absolute Gasteiger partial charge is 0.305 e. The van der Waals surface area contributed by atoms with Crippen LogP contribution in [0.5, 0.6) is 0 Å². The SMILES string of the molecule is CN1CCC(c2ccccc2)N2CCN(C)CCCC(Cc3ccccc3)N(CC1)CC2. The highest BCUT2D eigenvalue weighted by atomic mass is 15.3. The van der Waals surface area contributed by atoms with Crippen LogP contribution < -0.4 is 0 Å². The van der Waals surface area contributed by atoms with Crippen LogP contribution in [-0.2, 0) is 6.42 Å². The summed E-state index contributed by atoms with van der Waals surface area (Å²) in [6.07, 6.45) is 4.93. The van der Waals surface area contributed by atoms with E-state index >= 15 is 0 Å². The molecule has 0 amide bonds. The van der Waals surface area contributed by atoms with Gasteiger partial charge in [-0.3, -0.25) is 9.80 Å². The first-order valence-electron chi connectivity index (χ1n) is 12.6. The first-order valence-corrected chi connectivity index (χ1v) is 12.6. The lowest BCUT2D eigenvalue weighted by Crippen LogP contribution is -2.48. The van der Waals surface area contributed by atoms with Crippen LogP contribution in [0, 0.1) is 0 Å². The molecule has 4 heteroatoms. The van der Waals surface area contributed by atoms with Gasteiger partial charge in [-0.2, -0.15) is 0 Å². The fourth-order valence-corrected chi connectivity index (χ4v) is 5.45. The van der Waals surface area contributed by atoms with Gasteiger partial charge in [-0.05, 0) is 64.0 Å². The van der Waals surface area contributed by atoms with Crippen molar-refractivity contribution in [3.8, 4) is 0 Å². The van der Waals surface area contributed by atoms with E-state index < -0.39 is 0 Å². The molecular formula is C28H42N4. The molecule has 2 bridgehead atoms. The third-order valence-corrected chi connectivity index (χ3v) is 7.53. The standard InChI is InChI=1S/C28H42N4/c1-29-16-9-14-27(24-25-10-5-3-6-11-25)31-20-18-30(2)17-15-28(26-12-7-4-8-13-26)32(21-19-29)23-22-31/h3-8,10-13,27-28H,9,14-24H2,1-2H3. The van der Waals surface area contributed by atoms with E-state index in [9.17, 15) is 0 Å². The van der Waals surface area contributed by atoms with Crippen LogP contribution in [0.3, 0.4) is 0 Å². The van der Waals surface area contributed by atoms with Gasteiger partial charge in [-0.15, -0.1) is 0 Å². The molecule has 0 spiro atoms. The second kappa shape index (κ2) is 11.9. The van der Waals surface area contributed by atoms with E-state index in [0.717, 1.165) is 39.1 Å². The van der Waals surface area contributed by atoms with Crippen molar-refractivity contribution in [3.63, 3.8) is 0 Å². The Bertz CT molecular complexity index is 781. The van der Waals surface area contributed by atoms with E-state index in [1.54, 1.807) is 0 Å². The molecule has 2 aromatic carbocycles. The predicted molar refractivity (Wildman–Crippen MR) is 135 cm³/mol. The summed E-state index contributed by atoms with van der Waals surface area (Å²) in [6.45, 7) is 9.31. The summed E-state index contributed by atoms with van der Waals surface area (Å²) < 4.78 is 0. The highest BCUT2D eigenvalue weighted by Crippen LogP contribution is 2.26. The molecule has 2 heterocycles. The minimum atomic E-state index is 0.500. The summed E-state index contributed by atoms with van der Waals surface area (Å²) in [6, 6.07) is 23.5. The molecule has 0 aromatic heterocycles. The van der Waals surface area contributed by atoms with Gasteiger partial charge < -0.3 is 9.80 Å². The van der Waals surface area contributed by atoms with E-state index in [-0.39, 0.29) is 0 Å². The monoisotopic (exact) mass is 434 g/mol.